The number of nitrogens with one attached hydrogen (secondary N) is 1. The Labute approximate surface area is 163 Å². The van der Waals surface area contributed by atoms with Crippen LogP contribution in [0, 0.1) is 0 Å². The van der Waals surface area contributed by atoms with Crippen molar-refractivity contribution in [3.05, 3.63) is 76.6 Å². The van der Waals surface area contributed by atoms with E-state index < -0.39 is 0 Å². The molecule has 1 aliphatic carbocycles. The predicted molar refractivity (Wildman–Crippen MR) is 110 cm³/mol. The van der Waals surface area contributed by atoms with Crippen molar-refractivity contribution in [1.82, 2.24) is 9.97 Å². The number of nitrogens with zero attached hydrogens (tertiary/aromatic N) is 2. The van der Waals surface area contributed by atoms with Crippen molar-refractivity contribution < 1.29 is 9.90 Å². The summed E-state index contributed by atoms with van der Waals surface area (Å²) in [6.45, 7) is 1.50. The van der Waals surface area contributed by atoms with Gasteiger partial charge in [0.1, 0.15) is 5.69 Å². The molecule has 3 aromatic rings. The molecule has 2 N–H and O–H groups in total. The van der Waals surface area contributed by atoms with Crippen LogP contribution in [0.2, 0.25) is 0 Å². The van der Waals surface area contributed by atoms with E-state index in [2.05, 4.69) is 5.32 Å². The van der Waals surface area contributed by atoms with E-state index in [9.17, 15) is 9.90 Å². The number of aryl methyl sites for hydroxylation is 2. The lowest BCUT2D eigenvalue weighted by atomic mass is 9.90. The van der Waals surface area contributed by atoms with Crippen molar-refractivity contribution in [2.24, 2.45) is 0 Å². The molecule has 5 heteroatoms. The van der Waals surface area contributed by atoms with Gasteiger partial charge in [-0.1, -0.05) is 54.6 Å². The molecule has 0 saturated heterocycles. The lowest BCUT2D eigenvalue weighted by molar-refractivity contribution is -0.114. The maximum absolute atomic E-state index is 11.6. The van der Waals surface area contributed by atoms with Gasteiger partial charge in [-0.15, -0.1) is 0 Å². The number of aliphatic hydroxyl groups excluding tert-OH is 1. The van der Waals surface area contributed by atoms with Crippen molar-refractivity contribution in [1.29, 1.82) is 0 Å². The summed E-state index contributed by atoms with van der Waals surface area (Å²) >= 11 is 0. The molecule has 28 heavy (non-hydrogen) atoms. The SMILES string of the molecule is CC(=O)Nc1nc2c(nc1C=Cc1ccccc1)-c1ccc(CO)cc1CC2. The maximum Gasteiger partial charge on any atom is 0.222 e. The van der Waals surface area contributed by atoms with Gasteiger partial charge in [-0.25, -0.2) is 9.97 Å². The molecular formula is C23H21N3O2. The van der Waals surface area contributed by atoms with E-state index in [1.54, 1.807) is 0 Å². The van der Waals surface area contributed by atoms with Crippen LogP contribution in [0.15, 0.2) is 48.5 Å². The fraction of sp³-hybridized carbons (Fsp3) is 0.174. The zero-order chi connectivity index (χ0) is 19.5. The molecule has 0 bridgehead atoms. The first kappa shape index (κ1) is 18.1. The number of aromatic nitrogens is 2. The largest absolute Gasteiger partial charge is 0.392 e. The highest BCUT2D eigenvalue weighted by Crippen LogP contribution is 2.33. The van der Waals surface area contributed by atoms with Crippen LogP contribution >= 0.6 is 0 Å². The maximum atomic E-state index is 11.6. The Morgan fingerprint density at radius 1 is 1.11 bits per heavy atom. The van der Waals surface area contributed by atoms with Crippen LogP contribution < -0.4 is 5.32 Å². The number of rotatable bonds is 4. The molecule has 5 nitrogen and oxygen atoms in total. The smallest absolute Gasteiger partial charge is 0.222 e. The Morgan fingerprint density at radius 3 is 2.68 bits per heavy atom. The van der Waals surface area contributed by atoms with Crippen LogP contribution in [-0.4, -0.2) is 21.0 Å². The number of carbonyl (C=O) groups is 1. The quantitative estimate of drug-likeness (QED) is 0.730. The average molecular weight is 371 g/mol. The third kappa shape index (κ3) is 3.70. The second-order valence-corrected chi connectivity index (χ2v) is 6.83. The minimum Gasteiger partial charge on any atom is -0.392 e. The van der Waals surface area contributed by atoms with Gasteiger partial charge in [0.15, 0.2) is 5.82 Å². The first-order chi connectivity index (χ1) is 13.6. The highest BCUT2D eigenvalue weighted by Gasteiger charge is 2.21. The number of amides is 1. The van der Waals surface area contributed by atoms with Gasteiger partial charge in [-0.05, 0) is 35.6 Å². The van der Waals surface area contributed by atoms with Gasteiger partial charge in [0, 0.05) is 12.5 Å². The highest BCUT2D eigenvalue weighted by atomic mass is 16.3. The normalized spacial score (nSPS) is 12.5. The van der Waals surface area contributed by atoms with E-state index in [1.807, 2.05) is 60.7 Å². The van der Waals surface area contributed by atoms with E-state index in [4.69, 9.17) is 9.97 Å². The fourth-order valence-corrected chi connectivity index (χ4v) is 3.42. The fourth-order valence-electron chi connectivity index (χ4n) is 3.42. The molecule has 0 radical (unpaired) electrons. The van der Waals surface area contributed by atoms with Crippen LogP contribution in [0.3, 0.4) is 0 Å². The van der Waals surface area contributed by atoms with Gasteiger partial charge in [-0.2, -0.15) is 0 Å². The molecule has 0 saturated carbocycles. The Kier molecular flexibility index (Phi) is 5.00. The minimum atomic E-state index is -0.174. The molecule has 4 rings (SSSR count). The van der Waals surface area contributed by atoms with Crippen molar-refractivity contribution in [3.8, 4) is 11.3 Å². The van der Waals surface area contributed by atoms with E-state index >= 15 is 0 Å². The molecule has 1 heterocycles. The first-order valence-corrected chi connectivity index (χ1v) is 9.28. The molecule has 0 fully saturated rings. The third-order valence-corrected chi connectivity index (χ3v) is 4.76. The van der Waals surface area contributed by atoms with E-state index in [0.29, 0.717) is 11.5 Å². The molecule has 0 spiro atoms. The summed E-state index contributed by atoms with van der Waals surface area (Å²) in [6.07, 6.45) is 5.42. The monoisotopic (exact) mass is 371 g/mol. The molecule has 1 aromatic heterocycles. The number of fused-ring (bicyclic) bond motifs is 3. The van der Waals surface area contributed by atoms with E-state index in [0.717, 1.165) is 40.9 Å². The van der Waals surface area contributed by atoms with E-state index in [1.165, 1.54) is 12.5 Å². The van der Waals surface area contributed by atoms with Gasteiger partial charge in [0.2, 0.25) is 5.91 Å². The molecule has 1 amide bonds. The van der Waals surface area contributed by atoms with Gasteiger partial charge in [-0.3, -0.25) is 4.79 Å². The zero-order valence-corrected chi connectivity index (χ0v) is 15.6. The number of aliphatic hydroxyl groups is 1. The summed E-state index contributed by atoms with van der Waals surface area (Å²) in [4.78, 5) is 21.2. The lowest BCUT2D eigenvalue weighted by Gasteiger charge is -2.20. The van der Waals surface area contributed by atoms with E-state index in [-0.39, 0.29) is 12.5 Å². The summed E-state index contributed by atoms with van der Waals surface area (Å²) in [5, 5.41) is 12.2. The summed E-state index contributed by atoms with van der Waals surface area (Å²) in [5.74, 6) is 0.307. The molecule has 140 valence electrons. The molecule has 2 aromatic carbocycles. The second-order valence-electron chi connectivity index (χ2n) is 6.83. The molecule has 0 unspecified atom stereocenters. The van der Waals surface area contributed by atoms with Crippen LogP contribution in [0.4, 0.5) is 5.82 Å². The molecule has 0 atom stereocenters. The first-order valence-electron chi connectivity index (χ1n) is 9.28. The van der Waals surface area contributed by atoms with Gasteiger partial charge in [0.25, 0.3) is 0 Å². The topological polar surface area (TPSA) is 75.1 Å². The van der Waals surface area contributed by atoms with Crippen molar-refractivity contribution in [2.75, 3.05) is 5.32 Å². The summed E-state index contributed by atoms with van der Waals surface area (Å²) in [7, 11) is 0. The minimum absolute atomic E-state index is 0.0261. The zero-order valence-electron chi connectivity index (χ0n) is 15.6. The number of hydrogen-bond acceptors (Lipinski definition) is 4. The van der Waals surface area contributed by atoms with Gasteiger partial charge < -0.3 is 10.4 Å². The van der Waals surface area contributed by atoms with Crippen LogP contribution in [0.25, 0.3) is 23.4 Å². The molecule has 1 aliphatic rings. The number of benzene rings is 2. The Hall–Kier alpha value is -3.31. The standard InChI is InChI=1S/C23H21N3O2/c1-15(28)24-23-21(11-8-16-5-3-2-4-6-16)25-22-19-10-7-17(14-27)13-18(19)9-12-20(22)26-23/h2-8,10-11,13,27H,9,12,14H2,1H3,(H,24,26,28). The predicted octanol–water partition coefficient (Wildman–Crippen LogP) is 3.86. The van der Waals surface area contributed by atoms with Crippen molar-refractivity contribution >= 4 is 23.9 Å². The Bertz CT molecular complexity index is 1060. The summed E-state index contributed by atoms with van der Waals surface area (Å²) < 4.78 is 0. The number of carbonyl (C=O) groups excluding carboxylic acids is 1. The van der Waals surface area contributed by atoms with Gasteiger partial charge >= 0.3 is 0 Å². The Morgan fingerprint density at radius 2 is 1.93 bits per heavy atom. The molecule has 0 aliphatic heterocycles. The second kappa shape index (κ2) is 7.74. The third-order valence-electron chi connectivity index (χ3n) is 4.76. The van der Waals surface area contributed by atoms with Crippen LogP contribution in [-0.2, 0) is 24.2 Å². The van der Waals surface area contributed by atoms with Gasteiger partial charge in [0.05, 0.1) is 18.0 Å². The lowest BCUT2D eigenvalue weighted by Crippen LogP contribution is -2.15. The summed E-state index contributed by atoms with van der Waals surface area (Å²) in [5.41, 5.74) is 6.49. The average Bonchev–Trinajstić information content (AvgIpc) is 2.72. The number of hydrogen-bond donors (Lipinski definition) is 2. The van der Waals surface area contributed by atoms with Crippen molar-refractivity contribution in [3.63, 3.8) is 0 Å². The summed E-state index contributed by atoms with van der Waals surface area (Å²) in [6, 6.07) is 15.9. The van der Waals surface area contributed by atoms with Crippen molar-refractivity contribution in [2.45, 2.75) is 26.4 Å². The van der Waals surface area contributed by atoms with Crippen LogP contribution in [0.5, 0.6) is 0 Å². The Balaban J connectivity index is 1.80. The highest BCUT2D eigenvalue weighted by molar-refractivity contribution is 5.90. The molecular weight excluding hydrogens is 350 g/mol. The van der Waals surface area contributed by atoms with Crippen LogP contribution in [0.1, 0.15) is 35.0 Å². The number of anilines is 1.